The van der Waals surface area contributed by atoms with Crippen LogP contribution in [0.3, 0.4) is 0 Å². The molecule has 1 aliphatic heterocycles. The van der Waals surface area contributed by atoms with Crippen LogP contribution in [0, 0.1) is 6.92 Å². The molecular weight excluding hydrogens is 312 g/mol. The average molecular weight is 338 g/mol. The van der Waals surface area contributed by atoms with Crippen LogP contribution in [0.2, 0.25) is 0 Å². The maximum absolute atomic E-state index is 12.6. The average Bonchev–Trinajstić information content (AvgIpc) is 2.84. The number of hydrogen-bond acceptors (Lipinski definition) is 4. The van der Waals surface area contributed by atoms with Gasteiger partial charge in [-0.25, -0.2) is 8.42 Å². The summed E-state index contributed by atoms with van der Waals surface area (Å²) in [5, 5.41) is 0. The van der Waals surface area contributed by atoms with Crippen molar-refractivity contribution in [1.82, 2.24) is 4.90 Å². The number of hydrogen-bond donors (Lipinski definition) is 0. The summed E-state index contributed by atoms with van der Waals surface area (Å²) in [6.07, 6.45) is 0.538. The van der Waals surface area contributed by atoms with Gasteiger partial charge in [0.2, 0.25) is 5.91 Å². The van der Waals surface area contributed by atoms with E-state index in [0.29, 0.717) is 6.42 Å². The van der Waals surface area contributed by atoms with Gasteiger partial charge in [-0.3, -0.25) is 4.79 Å². The number of carbonyl (C=O) groups is 1. The number of benzene rings is 1. The first kappa shape index (κ1) is 17.8. The highest BCUT2D eigenvalue weighted by atomic mass is 32.2. The fourth-order valence-corrected chi connectivity index (χ4v) is 4.62. The van der Waals surface area contributed by atoms with Gasteiger partial charge in [-0.05, 0) is 39.3 Å². The van der Waals surface area contributed by atoms with E-state index in [-0.39, 0.29) is 36.0 Å². The minimum atomic E-state index is -2.98. The number of likely N-dealkylation sites (N-methyl/N-ethyl adjacent to an activating group) is 1. The van der Waals surface area contributed by atoms with Crippen LogP contribution in [0.25, 0.3) is 0 Å². The Kier molecular flexibility index (Phi) is 5.34. The van der Waals surface area contributed by atoms with E-state index in [1.807, 2.05) is 49.9 Å². The first-order valence-corrected chi connectivity index (χ1v) is 9.81. The van der Waals surface area contributed by atoms with Gasteiger partial charge in [0.05, 0.1) is 18.1 Å². The summed E-state index contributed by atoms with van der Waals surface area (Å²) in [5.74, 6) is 0.226. The fourth-order valence-electron chi connectivity index (χ4n) is 2.85. The fraction of sp³-hybridized carbons (Fsp3) is 0.588. The Morgan fingerprint density at radius 2 is 1.87 bits per heavy atom. The largest absolute Gasteiger partial charge is 0.360 e. The maximum atomic E-state index is 12.6. The summed E-state index contributed by atoms with van der Waals surface area (Å²) in [6, 6.07) is 8.08. The van der Waals surface area contributed by atoms with Crippen molar-refractivity contribution in [2.45, 2.75) is 39.3 Å². The van der Waals surface area contributed by atoms with Gasteiger partial charge in [-0.15, -0.1) is 0 Å². The molecular formula is C17H26N2O3S. The molecule has 2 rings (SSSR count). The second-order valence-corrected chi connectivity index (χ2v) is 8.85. The number of sulfone groups is 1. The van der Waals surface area contributed by atoms with Crippen LogP contribution in [-0.2, 0) is 14.6 Å². The molecule has 128 valence electrons. The molecule has 0 N–H and O–H groups in total. The summed E-state index contributed by atoms with van der Waals surface area (Å²) in [5.41, 5.74) is 2.18. The van der Waals surface area contributed by atoms with E-state index in [4.69, 9.17) is 0 Å². The zero-order chi connectivity index (χ0) is 17.2. The first-order valence-electron chi connectivity index (χ1n) is 7.99. The minimum absolute atomic E-state index is 0.0404. The maximum Gasteiger partial charge on any atom is 0.242 e. The molecule has 1 saturated heterocycles. The second-order valence-electron chi connectivity index (χ2n) is 6.62. The number of nitrogens with zero attached hydrogens (tertiary/aromatic N) is 2. The zero-order valence-electron chi connectivity index (χ0n) is 14.3. The first-order chi connectivity index (χ1) is 10.7. The van der Waals surface area contributed by atoms with Gasteiger partial charge in [0, 0.05) is 24.8 Å². The van der Waals surface area contributed by atoms with Crippen LogP contribution in [0.4, 0.5) is 5.69 Å². The normalized spacial score (nSPS) is 19.8. The zero-order valence-corrected chi connectivity index (χ0v) is 15.1. The Bertz CT molecular complexity index is 653. The molecule has 1 amide bonds. The third-order valence-electron chi connectivity index (χ3n) is 4.44. The molecule has 0 aromatic heterocycles. The summed E-state index contributed by atoms with van der Waals surface area (Å²) >= 11 is 0. The van der Waals surface area contributed by atoms with E-state index >= 15 is 0 Å². The van der Waals surface area contributed by atoms with Gasteiger partial charge in [0.25, 0.3) is 0 Å². The summed E-state index contributed by atoms with van der Waals surface area (Å²) in [4.78, 5) is 16.2. The Morgan fingerprint density at radius 3 is 2.35 bits per heavy atom. The number of carbonyl (C=O) groups excluding carboxylic acids is 1. The van der Waals surface area contributed by atoms with Crippen LogP contribution in [0.1, 0.15) is 25.8 Å². The molecule has 1 heterocycles. The highest BCUT2D eigenvalue weighted by Gasteiger charge is 2.33. The molecule has 5 nitrogen and oxygen atoms in total. The van der Waals surface area contributed by atoms with Crippen LogP contribution < -0.4 is 4.90 Å². The third kappa shape index (κ3) is 4.47. The Morgan fingerprint density at radius 1 is 1.26 bits per heavy atom. The Hall–Kier alpha value is -1.56. The van der Waals surface area contributed by atoms with Crippen LogP contribution in [0.5, 0.6) is 0 Å². The van der Waals surface area contributed by atoms with Crippen molar-refractivity contribution in [2.24, 2.45) is 0 Å². The number of rotatable bonds is 5. The van der Waals surface area contributed by atoms with Gasteiger partial charge in [-0.1, -0.05) is 17.7 Å². The highest BCUT2D eigenvalue weighted by Crippen LogP contribution is 2.20. The topological polar surface area (TPSA) is 57.7 Å². The van der Waals surface area contributed by atoms with E-state index in [0.717, 1.165) is 5.69 Å². The van der Waals surface area contributed by atoms with Crippen molar-refractivity contribution < 1.29 is 13.2 Å². The predicted octanol–water partition coefficient (Wildman–Crippen LogP) is 1.86. The lowest BCUT2D eigenvalue weighted by atomic mass is 10.1. The molecule has 1 atom stereocenters. The number of anilines is 1. The molecule has 0 spiro atoms. The quantitative estimate of drug-likeness (QED) is 0.822. The van der Waals surface area contributed by atoms with Crippen LogP contribution >= 0.6 is 0 Å². The molecule has 0 saturated carbocycles. The molecule has 0 radical (unpaired) electrons. The molecule has 6 heteroatoms. The standard InChI is InChI=1S/C17H26N2O3S/c1-13(2)19(15-7-5-14(3)6-8-15)11-17(20)18(4)16-9-10-23(21,22)12-16/h5-8,13,16H,9-12H2,1-4H3/t16-/m1/s1. The van der Waals surface area contributed by atoms with Crippen molar-refractivity contribution in [1.29, 1.82) is 0 Å². The predicted molar refractivity (Wildman–Crippen MR) is 93.5 cm³/mol. The monoisotopic (exact) mass is 338 g/mol. The highest BCUT2D eigenvalue weighted by molar-refractivity contribution is 7.91. The van der Waals surface area contributed by atoms with Gasteiger partial charge >= 0.3 is 0 Å². The van der Waals surface area contributed by atoms with E-state index in [1.54, 1.807) is 11.9 Å². The lowest BCUT2D eigenvalue weighted by molar-refractivity contribution is -0.130. The van der Waals surface area contributed by atoms with Crippen molar-refractivity contribution in [3.8, 4) is 0 Å². The number of aryl methyl sites for hydroxylation is 1. The summed E-state index contributed by atoms with van der Waals surface area (Å²) in [6.45, 7) is 6.39. The van der Waals surface area contributed by atoms with E-state index in [9.17, 15) is 13.2 Å². The minimum Gasteiger partial charge on any atom is -0.360 e. The van der Waals surface area contributed by atoms with Crippen LogP contribution in [0.15, 0.2) is 24.3 Å². The van der Waals surface area contributed by atoms with E-state index < -0.39 is 9.84 Å². The van der Waals surface area contributed by atoms with Crippen molar-refractivity contribution in [3.05, 3.63) is 29.8 Å². The SMILES string of the molecule is Cc1ccc(N(CC(=O)N(C)[C@@H]2CCS(=O)(=O)C2)C(C)C)cc1. The van der Waals surface area contributed by atoms with E-state index in [1.165, 1.54) is 5.56 Å². The summed E-state index contributed by atoms with van der Waals surface area (Å²) in [7, 11) is -1.27. The van der Waals surface area contributed by atoms with Crippen molar-refractivity contribution in [2.75, 3.05) is 30.0 Å². The molecule has 1 aromatic carbocycles. The van der Waals surface area contributed by atoms with Gasteiger partial charge < -0.3 is 9.80 Å². The molecule has 1 aliphatic rings. The lowest BCUT2D eigenvalue weighted by Gasteiger charge is -2.32. The van der Waals surface area contributed by atoms with Crippen molar-refractivity contribution >= 4 is 21.4 Å². The van der Waals surface area contributed by atoms with Crippen molar-refractivity contribution in [3.63, 3.8) is 0 Å². The van der Waals surface area contributed by atoms with Gasteiger partial charge in [-0.2, -0.15) is 0 Å². The van der Waals surface area contributed by atoms with Crippen LogP contribution in [-0.4, -0.2) is 56.4 Å². The van der Waals surface area contributed by atoms with Gasteiger partial charge in [0.15, 0.2) is 9.84 Å². The number of amides is 1. The molecule has 1 aromatic rings. The molecule has 23 heavy (non-hydrogen) atoms. The molecule has 0 unspecified atom stereocenters. The lowest BCUT2D eigenvalue weighted by Crippen LogP contribution is -2.45. The van der Waals surface area contributed by atoms with Gasteiger partial charge in [0.1, 0.15) is 0 Å². The smallest absolute Gasteiger partial charge is 0.242 e. The third-order valence-corrected chi connectivity index (χ3v) is 6.19. The molecule has 1 fully saturated rings. The molecule has 0 aliphatic carbocycles. The Balaban J connectivity index is 2.07. The molecule has 0 bridgehead atoms. The second kappa shape index (κ2) is 6.91. The summed E-state index contributed by atoms with van der Waals surface area (Å²) < 4.78 is 23.2. The Labute approximate surface area is 139 Å². The van der Waals surface area contributed by atoms with E-state index in [2.05, 4.69) is 0 Å².